The normalized spacial score (nSPS) is 18.4. The quantitative estimate of drug-likeness (QED) is 0.340. The summed E-state index contributed by atoms with van der Waals surface area (Å²) in [5.74, 6) is 1.75. The number of rotatable bonds is 8. The number of piperazine rings is 1. The topological polar surface area (TPSA) is 91.9 Å². The Balaban J connectivity index is 1.43. The van der Waals surface area contributed by atoms with E-state index in [4.69, 9.17) is 19.4 Å². The second-order valence-corrected chi connectivity index (χ2v) is 13.3. The zero-order chi connectivity index (χ0) is 30.8. The Kier molecular flexibility index (Phi) is 8.83. The summed E-state index contributed by atoms with van der Waals surface area (Å²) >= 11 is 0. The Hall–Kier alpha value is -3.85. The molecule has 2 N–H and O–H groups in total. The smallest absolute Gasteiger partial charge is 0.270 e. The molecule has 1 amide bonds. The van der Waals surface area contributed by atoms with Gasteiger partial charge in [0.1, 0.15) is 17.3 Å². The first-order chi connectivity index (χ1) is 20.4. The van der Waals surface area contributed by atoms with E-state index in [0.29, 0.717) is 37.1 Å². The largest absolute Gasteiger partial charge is 0.497 e. The van der Waals surface area contributed by atoms with E-state index >= 15 is 0 Å². The first kappa shape index (κ1) is 30.6. The van der Waals surface area contributed by atoms with Gasteiger partial charge >= 0.3 is 0 Å². The van der Waals surface area contributed by atoms with Crippen LogP contribution >= 0.6 is 0 Å². The van der Waals surface area contributed by atoms with Crippen molar-refractivity contribution in [1.29, 1.82) is 0 Å². The van der Waals surface area contributed by atoms with Crippen LogP contribution in [0.4, 0.5) is 23.1 Å². The van der Waals surface area contributed by atoms with Gasteiger partial charge in [-0.1, -0.05) is 32.9 Å². The van der Waals surface area contributed by atoms with Crippen LogP contribution in [-0.2, 0) is 10.2 Å². The average Bonchev–Trinajstić information content (AvgIpc) is 3.50. The average molecular weight is 587 g/mol. The van der Waals surface area contributed by atoms with E-state index in [-0.39, 0.29) is 23.0 Å². The molecule has 0 bridgehead atoms. The van der Waals surface area contributed by atoms with Crippen molar-refractivity contribution in [2.45, 2.75) is 71.4 Å². The number of benzene rings is 2. The Bertz CT molecular complexity index is 1430. The number of amides is 1. The van der Waals surface area contributed by atoms with Crippen molar-refractivity contribution >= 4 is 29.0 Å². The first-order valence-corrected chi connectivity index (χ1v) is 15.3. The standard InChI is InChI=1S/C34H46N6O3/c1-23-10-11-24(33(2,3)4)19-28(23)36-30-20-29(31(41)35-21-27-9-8-18-43-27)37-32(38-30)39-16-17-40(34(5,6)22-39)25-12-14-26(42-7)15-13-25/h10-15,19-20,27H,8-9,16-18,21-22H2,1-7H3,(H,35,41)(H,36,37,38). The minimum atomic E-state index is -0.224. The molecule has 0 saturated carbocycles. The summed E-state index contributed by atoms with van der Waals surface area (Å²) in [5.41, 5.74) is 4.57. The highest BCUT2D eigenvalue weighted by molar-refractivity contribution is 5.93. The van der Waals surface area contributed by atoms with Crippen molar-refractivity contribution in [3.8, 4) is 5.75 Å². The third-order valence-electron chi connectivity index (χ3n) is 8.40. The number of aryl methyl sites for hydroxylation is 1. The van der Waals surface area contributed by atoms with Crippen LogP contribution < -0.4 is 25.2 Å². The van der Waals surface area contributed by atoms with Crippen LogP contribution in [0.15, 0.2) is 48.5 Å². The fourth-order valence-corrected chi connectivity index (χ4v) is 5.79. The third-order valence-corrected chi connectivity index (χ3v) is 8.40. The summed E-state index contributed by atoms with van der Waals surface area (Å²) in [6.45, 7) is 16.5. The maximum absolute atomic E-state index is 13.4. The molecule has 1 aromatic heterocycles. The zero-order valence-electron chi connectivity index (χ0n) is 26.7. The van der Waals surface area contributed by atoms with Gasteiger partial charge in [0.05, 0.1) is 18.8 Å². The number of carbonyl (C=O) groups excluding carboxylic acids is 1. The lowest BCUT2D eigenvalue weighted by Gasteiger charge is -2.48. The molecule has 43 heavy (non-hydrogen) atoms. The molecule has 0 spiro atoms. The molecule has 0 radical (unpaired) electrons. The highest BCUT2D eigenvalue weighted by Gasteiger charge is 2.35. The van der Waals surface area contributed by atoms with E-state index in [9.17, 15) is 4.79 Å². The van der Waals surface area contributed by atoms with Crippen LogP contribution in [0.5, 0.6) is 5.75 Å². The molecule has 2 aromatic carbocycles. The molecule has 2 aliphatic heterocycles. The van der Waals surface area contributed by atoms with Gasteiger partial charge in [-0.05, 0) is 80.5 Å². The molecule has 2 aliphatic rings. The molecule has 1 unspecified atom stereocenters. The number of anilines is 4. The summed E-state index contributed by atoms with van der Waals surface area (Å²) in [6.07, 6.45) is 2.04. The van der Waals surface area contributed by atoms with Crippen molar-refractivity contribution in [2.24, 2.45) is 0 Å². The molecule has 2 fully saturated rings. The predicted molar refractivity (Wildman–Crippen MR) is 173 cm³/mol. The number of nitrogens with one attached hydrogen (secondary N) is 2. The van der Waals surface area contributed by atoms with Gasteiger partial charge in [-0.2, -0.15) is 4.98 Å². The lowest BCUT2D eigenvalue weighted by Crippen LogP contribution is -2.60. The van der Waals surface area contributed by atoms with E-state index in [0.717, 1.165) is 48.7 Å². The molecule has 9 heteroatoms. The van der Waals surface area contributed by atoms with Gasteiger partial charge in [0.15, 0.2) is 0 Å². The lowest BCUT2D eigenvalue weighted by atomic mass is 9.86. The second-order valence-electron chi connectivity index (χ2n) is 13.3. The minimum absolute atomic E-state index is 0.00343. The summed E-state index contributed by atoms with van der Waals surface area (Å²) < 4.78 is 11.1. The third kappa shape index (κ3) is 7.21. The molecule has 9 nitrogen and oxygen atoms in total. The van der Waals surface area contributed by atoms with E-state index in [1.54, 1.807) is 13.2 Å². The molecule has 1 atom stereocenters. The fraction of sp³-hybridized carbons (Fsp3) is 0.500. The molecule has 0 aliphatic carbocycles. The Morgan fingerprint density at radius 1 is 1.09 bits per heavy atom. The number of hydrogen-bond donors (Lipinski definition) is 2. The molecule has 5 rings (SSSR count). The van der Waals surface area contributed by atoms with Gasteiger partial charge in [0.25, 0.3) is 5.91 Å². The van der Waals surface area contributed by atoms with Gasteiger partial charge in [0.2, 0.25) is 5.95 Å². The van der Waals surface area contributed by atoms with Crippen LogP contribution in [0.1, 0.15) is 69.1 Å². The number of nitrogens with zero attached hydrogens (tertiary/aromatic N) is 4. The predicted octanol–water partition coefficient (Wildman–Crippen LogP) is 5.85. The van der Waals surface area contributed by atoms with Gasteiger partial charge in [0, 0.05) is 50.2 Å². The van der Waals surface area contributed by atoms with Crippen LogP contribution in [0.25, 0.3) is 0 Å². The zero-order valence-corrected chi connectivity index (χ0v) is 26.7. The van der Waals surface area contributed by atoms with Crippen molar-refractivity contribution in [3.05, 3.63) is 65.4 Å². The van der Waals surface area contributed by atoms with Crippen molar-refractivity contribution in [2.75, 3.05) is 55.0 Å². The summed E-state index contributed by atoms with van der Waals surface area (Å²) in [6, 6.07) is 16.4. The molecular weight excluding hydrogens is 540 g/mol. The number of methoxy groups -OCH3 is 1. The number of aromatic nitrogens is 2. The van der Waals surface area contributed by atoms with Crippen LogP contribution in [0.2, 0.25) is 0 Å². The van der Waals surface area contributed by atoms with Crippen LogP contribution in [0, 0.1) is 6.92 Å². The van der Waals surface area contributed by atoms with Gasteiger partial charge in [-0.15, -0.1) is 0 Å². The maximum Gasteiger partial charge on any atom is 0.270 e. The van der Waals surface area contributed by atoms with Crippen molar-refractivity contribution in [1.82, 2.24) is 15.3 Å². The Morgan fingerprint density at radius 2 is 1.86 bits per heavy atom. The second kappa shape index (κ2) is 12.4. The van der Waals surface area contributed by atoms with E-state index < -0.39 is 0 Å². The fourth-order valence-electron chi connectivity index (χ4n) is 5.79. The van der Waals surface area contributed by atoms with E-state index in [1.165, 1.54) is 5.56 Å². The highest BCUT2D eigenvalue weighted by atomic mass is 16.5. The molecule has 3 aromatic rings. The summed E-state index contributed by atoms with van der Waals surface area (Å²) in [7, 11) is 1.68. The highest BCUT2D eigenvalue weighted by Crippen LogP contribution is 2.32. The monoisotopic (exact) mass is 586 g/mol. The first-order valence-electron chi connectivity index (χ1n) is 15.3. The summed E-state index contributed by atoms with van der Waals surface area (Å²) in [4.78, 5) is 27.7. The molecular formula is C34H46N6O3. The van der Waals surface area contributed by atoms with Crippen molar-refractivity contribution < 1.29 is 14.3 Å². The van der Waals surface area contributed by atoms with Crippen LogP contribution in [0.3, 0.4) is 0 Å². The van der Waals surface area contributed by atoms with E-state index in [2.05, 4.69) is 92.3 Å². The summed E-state index contributed by atoms with van der Waals surface area (Å²) in [5, 5.41) is 6.56. The lowest BCUT2D eigenvalue weighted by molar-refractivity contribution is 0.0853. The number of hydrogen-bond acceptors (Lipinski definition) is 8. The number of carbonyl (C=O) groups is 1. The van der Waals surface area contributed by atoms with Gasteiger partial charge < -0.3 is 29.9 Å². The molecule has 230 valence electrons. The molecule has 3 heterocycles. The van der Waals surface area contributed by atoms with Gasteiger partial charge in [-0.3, -0.25) is 4.79 Å². The van der Waals surface area contributed by atoms with Crippen LogP contribution in [-0.4, -0.2) is 67.4 Å². The van der Waals surface area contributed by atoms with E-state index in [1.807, 2.05) is 12.1 Å². The van der Waals surface area contributed by atoms with Gasteiger partial charge in [-0.25, -0.2) is 4.98 Å². The minimum Gasteiger partial charge on any atom is -0.497 e. The maximum atomic E-state index is 13.4. The van der Waals surface area contributed by atoms with Crippen molar-refractivity contribution in [3.63, 3.8) is 0 Å². The SMILES string of the molecule is COc1ccc(N2CCN(c3nc(Nc4cc(C(C)(C)C)ccc4C)cc(C(=O)NCC4CCCO4)n3)CC2(C)C)cc1. The number of ether oxygens (including phenoxy) is 2. The molecule has 2 saturated heterocycles. The Labute approximate surface area is 256 Å². The Morgan fingerprint density at radius 3 is 2.51 bits per heavy atom.